The summed E-state index contributed by atoms with van der Waals surface area (Å²) in [6.45, 7) is 6.47. The first-order chi connectivity index (χ1) is 15.7. The first-order valence-corrected chi connectivity index (χ1v) is 13.2. The number of sulfone groups is 1. The highest BCUT2D eigenvalue weighted by Gasteiger charge is 2.36. The van der Waals surface area contributed by atoms with Gasteiger partial charge in [-0.3, -0.25) is 9.59 Å². The molecule has 1 saturated heterocycles. The molecule has 1 amide bonds. The summed E-state index contributed by atoms with van der Waals surface area (Å²) in [6.07, 6.45) is 1.16. The average molecular weight is 468 g/mol. The van der Waals surface area contributed by atoms with Crippen LogP contribution in [-0.4, -0.2) is 36.8 Å². The van der Waals surface area contributed by atoms with E-state index in [2.05, 4.69) is 13.8 Å². The van der Waals surface area contributed by atoms with Crippen molar-refractivity contribution in [1.29, 1.82) is 0 Å². The van der Waals surface area contributed by atoms with Gasteiger partial charge in [-0.2, -0.15) is 0 Å². The van der Waals surface area contributed by atoms with E-state index in [1.165, 1.54) is 11.6 Å². The zero-order valence-electron chi connectivity index (χ0n) is 19.2. The highest BCUT2D eigenvalue weighted by molar-refractivity contribution is 7.91. The number of nitrogens with zero attached hydrogens (tertiary/aromatic N) is 1. The number of amides is 1. The Labute approximate surface area is 194 Å². The maximum absolute atomic E-state index is 13.5. The minimum atomic E-state index is -3.20. The lowest BCUT2D eigenvalue weighted by molar-refractivity contribution is 0.0648. The van der Waals surface area contributed by atoms with Crippen LogP contribution in [0.2, 0.25) is 0 Å². The quantitative estimate of drug-likeness (QED) is 0.539. The van der Waals surface area contributed by atoms with Crippen LogP contribution in [-0.2, 0) is 22.8 Å². The van der Waals surface area contributed by atoms with Crippen molar-refractivity contribution in [3.63, 3.8) is 0 Å². The second-order valence-electron chi connectivity index (χ2n) is 9.05. The zero-order chi connectivity index (χ0) is 23.8. The van der Waals surface area contributed by atoms with Crippen molar-refractivity contribution in [3.8, 4) is 0 Å². The van der Waals surface area contributed by atoms with Crippen LogP contribution < -0.4 is 5.43 Å². The predicted octanol–water partition coefficient (Wildman–Crippen LogP) is 4.31. The smallest absolute Gasteiger partial charge is 0.290 e. The normalized spacial score (nSPS) is 17.5. The van der Waals surface area contributed by atoms with Crippen molar-refractivity contribution in [1.82, 2.24) is 4.90 Å². The zero-order valence-corrected chi connectivity index (χ0v) is 20.0. The van der Waals surface area contributed by atoms with Crippen LogP contribution in [0, 0.1) is 0 Å². The van der Waals surface area contributed by atoms with Crippen molar-refractivity contribution in [3.05, 3.63) is 81.2 Å². The third kappa shape index (κ3) is 5.03. The van der Waals surface area contributed by atoms with E-state index >= 15 is 0 Å². The highest BCUT2D eigenvalue weighted by atomic mass is 32.2. The molecule has 0 aliphatic carbocycles. The first-order valence-electron chi connectivity index (χ1n) is 11.3. The van der Waals surface area contributed by atoms with E-state index in [4.69, 9.17) is 4.42 Å². The van der Waals surface area contributed by atoms with E-state index in [9.17, 15) is 18.0 Å². The number of aryl methyl sites for hydroxylation is 1. The summed E-state index contributed by atoms with van der Waals surface area (Å²) in [4.78, 5) is 27.8. The SMILES string of the molecule is CCc1ccc2oc(C(=O)N(Cc3ccc(C(C)C)cc3)[C@H]3CCS(=O)(=O)C3)cc(=O)c2c1. The van der Waals surface area contributed by atoms with Gasteiger partial charge in [0.1, 0.15) is 5.58 Å². The van der Waals surface area contributed by atoms with E-state index in [1.807, 2.05) is 37.3 Å². The molecule has 1 aliphatic heterocycles. The van der Waals surface area contributed by atoms with Gasteiger partial charge in [-0.15, -0.1) is 0 Å². The minimum Gasteiger partial charge on any atom is -0.451 e. The molecular weight excluding hydrogens is 438 g/mol. The molecule has 2 aromatic carbocycles. The summed E-state index contributed by atoms with van der Waals surface area (Å²) in [5.74, 6) is -0.185. The summed E-state index contributed by atoms with van der Waals surface area (Å²) < 4.78 is 30.2. The Kier molecular flexibility index (Phi) is 6.43. The molecule has 0 bridgehead atoms. The van der Waals surface area contributed by atoms with Crippen molar-refractivity contribution in [2.75, 3.05) is 11.5 Å². The summed E-state index contributed by atoms with van der Waals surface area (Å²) in [5, 5.41) is 0.435. The molecule has 1 aliphatic rings. The topological polar surface area (TPSA) is 84.7 Å². The van der Waals surface area contributed by atoms with Crippen molar-refractivity contribution >= 4 is 26.7 Å². The number of rotatable bonds is 6. The molecule has 0 unspecified atom stereocenters. The minimum absolute atomic E-state index is 0.0508. The lowest BCUT2D eigenvalue weighted by Gasteiger charge is -2.28. The van der Waals surface area contributed by atoms with E-state index in [1.54, 1.807) is 17.0 Å². The van der Waals surface area contributed by atoms with Crippen LogP contribution in [0.5, 0.6) is 0 Å². The molecule has 0 spiro atoms. The van der Waals surface area contributed by atoms with Gasteiger partial charge < -0.3 is 9.32 Å². The van der Waals surface area contributed by atoms with Crippen molar-refractivity contribution < 1.29 is 17.6 Å². The summed E-state index contributed by atoms with van der Waals surface area (Å²) in [5.41, 5.74) is 3.16. The summed E-state index contributed by atoms with van der Waals surface area (Å²) in [7, 11) is -3.20. The Morgan fingerprint density at radius 1 is 1.09 bits per heavy atom. The molecule has 1 aromatic heterocycles. The Bertz CT molecular complexity index is 1340. The standard InChI is InChI=1S/C26H29NO5S/c1-4-18-7-10-24-22(13-18)23(28)14-25(32-24)26(29)27(21-11-12-33(30,31)16-21)15-19-5-8-20(9-6-19)17(2)3/h5-10,13-14,17,21H,4,11-12,15-16H2,1-3H3/t21-/m0/s1. The van der Waals surface area contributed by atoms with Crippen molar-refractivity contribution in [2.45, 2.75) is 52.1 Å². The van der Waals surface area contributed by atoms with Crippen LogP contribution in [0.3, 0.4) is 0 Å². The van der Waals surface area contributed by atoms with Crippen LogP contribution in [0.1, 0.15) is 60.4 Å². The molecule has 1 atom stereocenters. The Morgan fingerprint density at radius 2 is 1.79 bits per heavy atom. The van der Waals surface area contributed by atoms with E-state index in [-0.39, 0.29) is 29.2 Å². The molecule has 0 N–H and O–H groups in total. The predicted molar refractivity (Wildman–Crippen MR) is 129 cm³/mol. The van der Waals surface area contributed by atoms with Crippen LogP contribution >= 0.6 is 0 Å². The first kappa shape index (κ1) is 23.2. The van der Waals surface area contributed by atoms with E-state index < -0.39 is 21.8 Å². The number of carbonyl (C=O) groups excluding carboxylic acids is 1. The summed E-state index contributed by atoms with van der Waals surface area (Å²) >= 11 is 0. The van der Waals surface area contributed by atoms with Gasteiger partial charge >= 0.3 is 0 Å². The molecule has 174 valence electrons. The number of carbonyl (C=O) groups is 1. The van der Waals surface area contributed by atoms with Gasteiger partial charge in [0.2, 0.25) is 0 Å². The summed E-state index contributed by atoms with van der Waals surface area (Å²) in [6, 6.07) is 14.1. The second kappa shape index (κ2) is 9.14. The average Bonchev–Trinajstić information content (AvgIpc) is 3.16. The van der Waals surface area contributed by atoms with Gasteiger partial charge in [0.15, 0.2) is 21.0 Å². The molecular formula is C26H29NO5S. The Balaban J connectivity index is 1.70. The van der Waals surface area contributed by atoms with E-state index in [0.717, 1.165) is 17.5 Å². The molecule has 1 fully saturated rings. The monoisotopic (exact) mass is 467 g/mol. The second-order valence-corrected chi connectivity index (χ2v) is 11.3. The molecule has 0 saturated carbocycles. The largest absolute Gasteiger partial charge is 0.451 e. The number of hydrogen-bond acceptors (Lipinski definition) is 5. The Hall–Kier alpha value is -2.93. The Morgan fingerprint density at radius 3 is 2.39 bits per heavy atom. The van der Waals surface area contributed by atoms with Gasteiger partial charge in [-0.05, 0) is 47.6 Å². The fraction of sp³-hybridized carbons (Fsp3) is 0.385. The lowest BCUT2D eigenvalue weighted by atomic mass is 10.0. The van der Waals surface area contributed by atoms with E-state index in [0.29, 0.717) is 23.3 Å². The number of hydrogen-bond donors (Lipinski definition) is 0. The van der Waals surface area contributed by atoms with Gasteiger partial charge in [-0.25, -0.2) is 8.42 Å². The maximum atomic E-state index is 13.5. The molecule has 4 rings (SSSR count). The van der Waals surface area contributed by atoms with Crippen LogP contribution in [0.4, 0.5) is 0 Å². The van der Waals surface area contributed by atoms with Gasteiger partial charge in [0.25, 0.3) is 5.91 Å². The van der Waals surface area contributed by atoms with Crippen LogP contribution in [0.15, 0.2) is 57.7 Å². The molecule has 0 radical (unpaired) electrons. The maximum Gasteiger partial charge on any atom is 0.290 e. The third-order valence-electron chi connectivity index (χ3n) is 6.32. The van der Waals surface area contributed by atoms with Gasteiger partial charge in [-0.1, -0.05) is 51.1 Å². The number of benzene rings is 2. The highest BCUT2D eigenvalue weighted by Crippen LogP contribution is 2.24. The molecule has 33 heavy (non-hydrogen) atoms. The third-order valence-corrected chi connectivity index (χ3v) is 8.07. The van der Waals surface area contributed by atoms with Gasteiger partial charge in [0.05, 0.1) is 16.9 Å². The molecule has 3 aromatic rings. The molecule has 6 nitrogen and oxygen atoms in total. The lowest BCUT2D eigenvalue weighted by Crippen LogP contribution is -2.40. The number of fused-ring (bicyclic) bond motifs is 1. The fourth-order valence-electron chi connectivity index (χ4n) is 4.26. The van der Waals surface area contributed by atoms with Crippen molar-refractivity contribution in [2.24, 2.45) is 0 Å². The molecule has 7 heteroatoms. The van der Waals surface area contributed by atoms with Crippen LogP contribution in [0.25, 0.3) is 11.0 Å². The fourth-order valence-corrected chi connectivity index (χ4v) is 5.99. The van der Waals surface area contributed by atoms with Gasteiger partial charge in [0, 0.05) is 18.7 Å². The molecule has 2 heterocycles.